The summed E-state index contributed by atoms with van der Waals surface area (Å²) >= 11 is 1.61. The Morgan fingerprint density at radius 3 is 3.14 bits per heavy atom. The van der Waals surface area contributed by atoms with Crippen molar-refractivity contribution in [2.24, 2.45) is 0 Å². The molecule has 1 N–H and O–H groups in total. The molecule has 2 aromatic rings. The quantitative estimate of drug-likeness (QED) is 0.902. The standard InChI is InChI=1S/C17H19NO3S/c1-2-9-21-12-6-3-5-11(10-12)16-18-15-13(17(19)20)7-4-8-14(15)22-16/h3,5-6,10,13H,2,4,7-9H2,1H3,(H,19,20). The van der Waals surface area contributed by atoms with Crippen LogP contribution in [0.4, 0.5) is 0 Å². The van der Waals surface area contributed by atoms with Crippen molar-refractivity contribution in [1.82, 2.24) is 4.98 Å². The zero-order chi connectivity index (χ0) is 15.5. The van der Waals surface area contributed by atoms with Crippen LogP contribution in [0, 0.1) is 0 Å². The molecule has 3 rings (SSSR count). The minimum Gasteiger partial charge on any atom is -0.494 e. The second kappa shape index (κ2) is 6.48. The molecule has 1 heterocycles. The molecule has 1 aliphatic carbocycles. The monoisotopic (exact) mass is 317 g/mol. The van der Waals surface area contributed by atoms with Crippen LogP contribution in [0.5, 0.6) is 5.75 Å². The maximum absolute atomic E-state index is 11.4. The van der Waals surface area contributed by atoms with Gasteiger partial charge >= 0.3 is 5.97 Å². The molecular formula is C17H19NO3S. The number of carbonyl (C=O) groups is 1. The number of aryl methyl sites for hydroxylation is 1. The molecule has 0 radical (unpaired) electrons. The van der Waals surface area contributed by atoms with Gasteiger partial charge in [-0.1, -0.05) is 19.1 Å². The van der Waals surface area contributed by atoms with Gasteiger partial charge in [0.1, 0.15) is 10.8 Å². The van der Waals surface area contributed by atoms with Gasteiger partial charge in [-0.25, -0.2) is 4.98 Å². The van der Waals surface area contributed by atoms with Crippen LogP contribution >= 0.6 is 11.3 Å². The minimum absolute atomic E-state index is 0.451. The van der Waals surface area contributed by atoms with E-state index in [1.54, 1.807) is 11.3 Å². The fourth-order valence-electron chi connectivity index (χ4n) is 2.72. The van der Waals surface area contributed by atoms with Crippen LogP contribution in [0.15, 0.2) is 24.3 Å². The van der Waals surface area contributed by atoms with E-state index in [0.717, 1.165) is 46.2 Å². The van der Waals surface area contributed by atoms with Crippen molar-refractivity contribution in [3.63, 3.8) is 0 Å². The zero-order valence-corrected chi connectivity index (χ0v) is 13.4. The molecule has 0 amide bonds. The molecule has 116 valence electrons. The van der Waals surface area contributed by atoms with Gasteiger partial charge in [-0.3, -0.25) is 4.79 Å². The van der Waals surface area contributed by atoms with Crippen molar-refractivity contribution in [2.75, 3.05) is 6.61 Å². The SMILES string of the molecule is CCCOc1cccc(-c2nc3c(s2)CCCC3C(=O)O)c1. The number of nitrogens with zero attached hydrogens (tertiary/aromatic N) is 1. The summed E-state index contributed by atoms with van der Waals surface area (Å²) in [5, 5.41) is 10.2. The van der Waals surface area contributed by atoms with Crippen LogP contribution in [-0.4, -0.2) is 22.7 Å². The molecule has 0 aliphatic heterocycles. The predicted molar refractivity (Wildman–Crippen MR) is 86.7 cm³/mol. The first-order valence-corrected chi connectivity index (χ1v) is 8.46. The second-order valence-corrected chi connectivity index (χ2v) is 6.57. The molecule has 1 aromatic heterocycles. The maximum Gasteiger partial charge on any atom is 0.312 e. The van der Waals surface area contributed by atoms with Gasteiger partial charge in [0.15, 0.2) is 0 Å². The number of rotatable bonds is 5. The summed E-state index contributed by atoms with van der Waals surface area (Å²) < 4.78 is 5.66. The number of ether oxygens (including phenoxy) is 1. The van der Waals surface area contributed by atoms with Gasteiger partial charge in [-0.05, 0) is 37.8 Å². The normalized spacial score (nSPS) is 17.0. The molecule has 0 spiro atoms. The molecule has 0 saturated heterocycles. The lowest BCUT2D eigenvalue weighted by atomic mass is 9.91. The van der Waals surface area contributed by atoms with E-state index in [0.29, 0.717) is 13.0 Å². The number of carboxylic acids is 1. The molecule has 0 saturated carbocycles. The van der Waals surface area contributed by atoms with Gasteiger partial charge in [0, 0.05) is 10.4 Å². The highest BCUT2D eigenvalue weighted by atomic mass is 32.1. The van der Waals surface area contributed by atoms with Gasteiger partial charge in [0.05, 0.1) is 18.2 Å². The summed E-state index contributed by atoms with van der Waals surface area (Å²) in [5.74, 6) is -0.381. The highest BCUT2D eigenvalue weighted by molar-refractivity contribution is 7.15. The lowest BCUT2D eigenvalue weighted by Crippen LogP contribution is -2.17. The highest BCUT2D eigenvalue weighted by Crippen LogP contribution is 2.38. The molecule has 22 heavy (non-hydrogen) atoms. The Morgan fingerprint density at radius 1 is 1.50 bits per heavy atom. The first-order chi connectivity index (χ1) is 10.7. The molecule has 4 nitrogen and oxygen atoms in total. The number of thiazole rings is 1. The van der Waals surface area contributed by atoms with Crippen molar-refractivity contribution in [3.8, 4) is 16.3 Å². The fraction of sp³-hybridized carbons (Fsp3) is 0.412. The first-order valence-electron chi connectivity index (χ1n) is 7.64. The number of carboxylic acid groups (broad SMARTS) is 1. The van der Waals surface area contributed by atoms with E-state index >= 15 is 0 Å². The molecular weight excluding hydrogens is 298 g/mol. The van der Waals surface area contributed by atoms with E-state index in [1.807, 2.05) is 24.3 Å². The Kier molecular flexibility index (Phi) is 4.43. The van der Waals surface area contributed by atoms with E-state index in [1.165, 1.54) is 0 Å². The third-order valence-electron chi connectivity index (χ3n) is 3.81. The second-order valence-electron chi connectivity index (χ2n) is 5.49. The maximum atomic E-state index is 11.4. The van der Waals surface area contributed by atoms with Gasteiger partial charge in [0.25, 0.3) is 0 Å². The molecule has 5 heteroatoms. The molecule has 0 fully saturated rings. The molecule has 1 aliphatic rings. The third kappa shape index (κ3) is 2.99. The zero-order valence-electron chi connectivity index (χ0n) is 12.5. The summed E-state index contributed by atoms with van der Waals surface area (Å²) in [6.45, 7) is 2.77. The van der Waals surface area contributed by atoms with Crippen molar-refractivity contribution in [2.45, 2.75) is 38.5 Å². The van der Waals surface area contributed by atoms with Crippen LogP contribution in [0.1, 0.15) is 42.7 Å². The average molecular weight is 317 g/mol. The number of aromatic nitrogens is 1. The number of hydrogen-bond acceptors (Lipinski definition) is 4. The average Bonchev–Trinajstić information content (AvgIpc) is 2.97. The van der Waals surface area contributed by atoms with Crippen LogP contribution in [0.3, 0.4) is 0 Å². The van der Waals surface area contributed by atoms with Gasteiger partial charge in [0.2, 0.25) is 0 Å². The van der Waals surface area contributed by atoms with Crippen LogP contribution < -0.4 is 4.74 Å². The Balaban J connectivity index is 1.91. The van der Waals surface area contributed by atoms with E-state index in [2.05, 4.69) is 11.9 Å². The van der Waals surface area contributed by atoms with Crippen LogP contribution in [0.25, 0.3) is 10.6 Å². The third-order valence-corrected chi connectivity index (χ3v) is 4.99. The number of benzene rings is 1. The van der Waals surface area contributed by atoms with E-state index in [-0.39, 0.29) is 0 Å². The molecule has 1 unspecified atom stereocenters. The smallest absolute Gasteiger partial charge is 0.312 e. The van der Waals surface area contributed by atoms with E-state index < -0.39 is 11.9 Å². The Labute approximate surface area is 133 Å². The van der Waals surface area contributed by atoms with E-state index in [4.69, 9.17) is 4.74 Å². The fourth-order valence-corrected chi connectivity index (χ4v) is 3.88. The molecule has 0 bridgehead atoms. The van der Waals surface area contributed by atoms with Gasteiger partial charge < -0.3 is 9.84 Å². The summed E-state index contributed by atoms with van der Waals surface area (Å²) in [6, 6.07) is 7.87. The largest absolute Gasteiger partial charge is 0.494 e. The van der Waals surface area contributed by atoms with Crippen molar-refractivity contribution < 1.29 is 14.6 Å². The van der Waals surface area contributed by atoms with Gasteiger partial charge in [-0.15, -0.1) is 11.3 Å². The number of aliphatic carboxylic acids is 1. The Hall–Kier alpha value is -1.88. The number of hydrogen-bond donors (Lipinski definition) is 1. The topological polar surface area (TPSA) is 59.4 Å². The van der Waals surface area contributed by atoms with Crippen LogP contribution in [0.2, 0.25) is 0 Å². The predicted octanol–water partition coefficient (Wildman–Crippen LogP) is 4.10. The first kappa shape index (κ1) is 15.0. The van der Waals surface area contributed by atoms with Crippen molar-refractivity contribution >= 4 is 17.3 Å². The van der Waals surface area contributed by atoms with Crippen LogP contribution in [-0.2, 0) is 11.2 Å². The Morgan fingerprint density at radius 2 is 2.36 bits per heavy atom. The summed E-state index contributed by atoms with van der Waals surface area (Å²) in [4.78, 5) is 17.1. The highest BCUT2D eigenvalue weighted by Gasteiger charge is 2.30. The lowest BCUT2D eigenvalue weighted by Gasteiger charge is -2.16. The minimum atomic E-state index is -0.766. The Bertz CT molecular complexity index is 680. The summed E-state index contributed by atoms with van der Waals surface area (Å²) in [5.41, 5.74) is 1.76. The number of fused-ring (bicyclic) bond motifs is 1. The van der Waals surface area contributed by atoms with E-state index in [9.17, 15) is 9.90 Å². The molecule has 1 atom stereocenters. The summed E-state index contributed by atoms with van der Waals surface area (Å²) in [7, 11) is 0. The summed E-state index contributed by atoms with van der Waals surface area (Å²) in [6.07, 6.45) is 3.51. The van der Waals surface area contributed by atoms with Crippen molar-refractivity contribution in [1.29, 1.82) is 0 Å². The van der Waals surface area contributed by atoms with Gasteiger partial charge in [-0.2, -0.15) is 0 Å². The lowest BCUT2D eigenvalue weighted by molar-refractivity contribution is -0.139. The van der Waals surface area contributed by atoms with Crippen molar-refractivity contribution in [3.05, 3.63) is 34.8 Å². The molecule has 1 aromatic carbocycles.